The van der Waals surface area contributed by atoms with Crippen LogP contribution in [0.3, 0.4) is 0 Å². The largest absolute Gasteiger partial charge is 0.325 e. The number of hydrogen-bond donors (Lipinski definition) is 1. The lowest BCUT2D eigenvalue weighted by Crippen LogP contribution is -2.50. The van der Waals surface area contributed by atoms with Crippen LogP contribution in [0.15, 0.2) is 24.3 Å². The molecule has 1 unspecified atom stereocenters. The molecule has 1 amide bonds. The van der Waals surface area contributed by atoms with Crippen molar-refractivity contribution in [2.75, 3.05) is 25.0 Å². The fourth-order valence-electron chi connectivity index (χ4n) is 2.93. The summed E-state index contributed by atoms with van der Waals surface area (Å²) in [4.78, 5) is 13.6. The number of hydrogen-bond acceptors (Lipinski definition) is 3. The Balaban J connectivity index is 1.91. The van der Waals surface area contributed by atoms with E-state index in [0.717, 1.165) is 5.56 Å². The van der Waals surface area contributed by atoms with Crippen LogP contribution in [0.2, 0.25) is 0 Å². The molecule has 24 heavy (non-hydrogen) atoms. The summed E-state index contributed by atoms with van der Waals surface area (Å²) < 4.78 is 28.0. The van der Waals surface area contributed by atoms with Crippen molar-refractivity contribution in [1.29, 1.82) is 5.26 Å². The van der Waals surface area contributed by atoms with Gasteiger partial charge in [0.25, 0.3) is 5.92 Å². The first-order chi connectivity index (χ1) is 11.3. The Kier molecular flexibility index (Phi) is 5.89. The average molecular weight is 335 g/mol. The highest BCUT2D eigenvalue weighted by atomic mass is 19.3. The molecule has 0 aromatic heterocycles. The molecular weight excluding hydrogens is 312 g/mol. The number of nitrogens with one attached hydrogen (secondary N) is 1. The molecule has 1 fully saturated rings. The van der Waals surface area contributed by atoms with E-state index in [1.54, 1.807) is 6.07 Å². The van der Waals surface area contributed by atoms with Crippen LogP contribution in [-0.4, -0.2) is 36.4 Å². The van der Waals surface area contributed by atoms with Crippen LogP contribution in [0.1, 0.15) is 38.2 Å². The van der Waals surface area contributed by atoms with Gasteiger partial charge in [-0.2, -0.15) is 5.26 Å². The Bertz CT molecular complexity index is 625. The number of alkyl halides is 2. The summed E-state index contributed by atoms with van der Waals surface area (Å²) in [5.41, 5.74) is 1.79. The van der Waals surface area contributed by atoms with Gasteiger partial charge in [0.2, 0.25) is 5.91 Å². The van der Waals surface area contributed by atoms with Gasteiger partial charge < -0.3 is 5.32 Å². The Morgan fingerprint density at radius 3 is 2.88 bits per heavy atom. The second-order valence-electron chi connectivity index (χ2n) is 6.65. The minimum Gasteiger partial charge on any atom is -0.325 e. The van der Waals surface area contributed by atoms with E-state index in [1.165, 1.54) is 4.90 Å². The molecule has 2 rings (SSSR count). The SMILES string of the molecule is CC(C)c1cccc(NC(=O)CN2CCC(CC#N)C(F)(F)C2)c1. The third kappa shape index (κ3) is 4.75. The second kappa shape index (κ2) is 7.71. The van der Waals surface area contributed by atoms with Gasteiger partial charge in [0, 0.05) is 18.0 Å². The zero-order valence-electron chi connectivity index (χ0n) is 14.1. The van der Waals surface area contributed by atoms with Crippen molar-refractivity contribution in [2.45, 2.75) is 38.5 Å². The van der Waals surface area contributed by atoms with Crippen molar-refractivity contribution >= 4 is 11.6 Å². The van der Waals surface area contributed by atoms with Gasteiger partial charge in [-0.25, -0.2) is 8.78 Å². The number of piperidine rings is 1. The van der Waals surface area contributed by atoms with E-state index in [0.29, 0.717) is 18.2 Å². The van der Waals surface area contributed by atoms with Gasteiger partial charge in [0.1, 0.15) is 0 Å². The molecule has 1 atom stereocenters. The van der Waals surface area contributed by atoms with Crippen molar-refractivity contribution in [3.63, 3.8) is 0 Å². The highest BCUT2D eigenvalue weighted by molar-refractivity contribution is 5.92. The Labute approximate surface area is 141 Å². The van der Waals surface area contributed by atoms with Gasteiger partial charge in [0.15, 0.2) is 0 Å². The predicted octanol–water partition coefficient (Wildman–Crippen LogP) is 3.62. The molecule has 0 bridgehead atoms. The quantitative estimate of drug-likeness (QED) is 0.894. The summed E-state index contributed by atoms with van der Waals surface area (Å²) in [6.07, 6.45) is 0.0890. The molecule has 1 saturated heterocycles. The van der Waals surface area contributed by atoms with Crippen molar-refractivity contribution in [1.82, 2.24) is 4.90 Å². The van der Waals surface area contributed by atoms with Crippen molar-refractivity contribution in [3.05, 3.63) is 29.8 Å². The summed E-state index contributed by atoms with van der Waals surface area (Å²) in [6, 6.07) is 9.36. The number of amides is 1. The maximum Gasteiger partial charge on any atom is 0.264 e. The number of halogens is 2. The molecule has 1 aliphatic rings. The van der Waals surface area contributed by atoms with Crippen LogP contribution in [-0.2, 0) is 4.79 Å². The number of likely N-dealkylation sites (tertiary alicyclic amines) is 1. The van der Waals surface area contributed by atoms with Crippen molar-refractivity contribution < 1.29 is 13.6 Å². The minimum absolute atomic E-state index is 0.0687. The zero-order valence-corrected chi connectivity index (χ0v) is 14.1. The number of nitriles is 1. The highest BCUT2D eigenvalue weighted by Crippen LogP contribution is 2.34. The fourth-order valence-corrected chi connectivity index (χ4v) is 2.93. The summed E-state index contributed by atoms with van der Waals surface area (Å²) in [7, 11) is 0. The third-order valence-corrected chi connectivity index (χ3v) is 4.37. The molecule has 0 saturated carbocycles. The highest BCUT2D eigenvalue weighted by Gasteiger charge is 2.44. The van der Waals surface area contributed by atoms with Crippen LogP contribution in [0.5, 0.6) is 0 Å². The van der Waals surface area contributed by atoms with E-state index in [-0.39, 0.29) is 25.3 Å². The van der Waals surface area contributed by atoms with Crippen molar-refractivity contribution in [3.8, 4) is 6.07 Å². The van der Waals surface area contributed by atoms with Crippen LogP contribution in [0.25, 0.3) is 0 Å². The number of carbonyl (C=O) groups excluding carboxylic acids is 1. The smallest absolute Gasteiger partial charge is 0.264 e. The van der Waals surface area contributed by atoms with Gasteiger partial charge >= 0.3 is 0 Å². The Morgan fingerprint density at radius 1 is 1.50 bits per heavy atom. The van der Waals surface area contributed by atoms with Gasteiger partial charge in [-0.3, -0.25) is 9.69 Å². The van der Waals surface area contributed by atoms with E-state index in [9.17, 15) is 13.6 Å². The average Bonchev–Trinajstić information content (AvgIpc) is 2.49. The predicted molar refractivity (Wildman–Crippen MR) is 88.9 cm³/mol. The van der Waals surface area contributed by atoms with Crippen molar-refractivity contribution in [2.24, 2.45) is 5.92 Å². The molecule has 4 nitrogen and oxygen atoms in total. The molecule has 0 radical (unpaired) electrons. The van der Waals surface area contributed by atoms with E-state index < -0.39 is 18.4 Å². The molecule has 0 aliphatic carbocycles. The molecule has 1 aromatic carbocycles. The topological polar surface area (TPSA) is 56.1 Å². The number of benzene rings is 1. The zero-order chi connectivity index (χ0) is 17.7. The lowest BCUT2D eigenvalue weighted by atomic mass is 9.90. The van der Waals surface area contributed by atoms with E-state index in [1.807, 2.05) is 24.3 Å². The van der Waals surface area contributed by atoms with Gasteiger partial charge in [-0.1, -0.05) is 26.0 Å². The first kappa shape index (κ1) is 18.3. The van der Waals surface area contributed by atoms with Gasteiger partial charge in [-0.15, -0.1) is 0 Å². The number of nitrogens with zero attached hydrogens (tertiary/aromatic N) is 2. The summed E-state index contributed by atoms with van der Waals surface area (Å²) >= 11 is 0. The van der Waals surface area contributed by atoms with Crippen LogP contribution in [0, 0.1) is 17.2 Å². The summed E-state index contributed by atoms with van der Waals surface area (Å²) in [5.74, 6) is -3.79. The molecule has 6 heteroatoms. The molecule has 1 N–H and O–H groups in total. The standard InChI is InChI=1S/C18H23F2N3O/c1-13(2)14-4-3-5-16(10-14)22-17(24)11-23-9-7-15(6-8-21)18(19,20)12-23/h3-5,10,13,15H,6-7,9,11-12H2,1-2H3,(H,22,24). The van der Waals surface area contributed by atoms with E-state index >= 15 is 0 Å². The fraction of sp³-hybridized carbons (Fsp3) is 0.556. The number of rotatable bonds is 5. The normalized spacial score (nSPS) is 20.6. The molecule has 1 aromatic rings. The molecule has 130 valence electrons. The summed E-state index contributed by atoms with van der Waals surface area (Å²) in [5, 5.41) is 11.4. The molecule has 0 spiro atoms. The van der Waals surface area contributed by atoms with Gasteiger partial charge in [0.05, 0.1) is 19.2 Å². The monoisotopic (exact) mass is 335 g/mol. The lowest BCUT2D eigenvalue weighted by Gasteiger charge is -2.37. The number of anilines is 1. The van der Waals surface area contributed by atoms with Gasteiger partial charge in [-0.05, 0) is 36.6 Å². The summed E-state index contributed by atoms with van der Waals surface area (Å²) in [6.45, 7) is 3.99. The Morgan fingerprint density at radius 2 is 2.25 bits per heavy atom. The Hall–Kier alpha value is -2.00. The van der Waals surface area contributed by atoms with E-state index in [2.05, 4.69) is 19.2 Å². The van der Waals surface area contributed by atoms with Crippen LogP contribution in [0.4, 0.5) is 14.5 Å². The molecule has 1 aliphatic heterocycles. The second-order valence-corrected chi connectivity index (χ2v) is 6.65. The first-order valence-electron chi connectivity index (χ1n) is 8.18. The maximum absolute atomic E-state index is 14.0. The first-order valence-corrected chi connectivity index (χ1v) is 8.18. The maximum atomic E-state index is 14.0. The lowest BCUT2D eigenvalue weighted by molar-refractivity contribution is -0.126. The molecule has 1 heterocycles. The number of carbonyl (C=O) groups is 1. The van der Waals surface area contributed by atoms with Crippen LogP contribution < -0.4 is 5.32 Å². The molecular formula is C18H23F2N3O. The van der Waals surface area contributed by atoms with Crippen LogP contribution >= 0.6 is 0 Å². The van der Waals surface area contributed by atoms with E-state index in [4.69, 9.17) is 5.26 Å². The minimum atomic E-state index is -2.92. The third-order valence-electron chi connectivity index (χ3n) is 4.37.